The van der Waals surface area contributed by atoms with E-state index in [0.29, 0.717) is 0 Å². The molecule has 0 radical (unpaired) electrons. The first-order valence-corrected chi connectivity index (χ1v) is 5.88. The lowest BCUT2D eigenvalue weighted by molar-refractivity contribution is -0.302. The van der Waals surface area contributed by atoms with Crippen LogP contribution in [0, 0.1) is 0 Å². The molecule has 0 aromatic heterocycles. The molecular formula is C3H3BF7NO2S2. The second kappa shape index (κ2) is 4.25. The van der Waals surface area contributed by atoms with E-state index in [1.165, 1.54) is 0 Å². The van der Waals surface area contributed by atoms with Crippen molar-refractivity contribution < 1.29 is 39.2 Å². The Balaban J connectivity index is 5.15. The minimum absolute atomic E-state index is 0.285. The molecule has 0 rings (SSSR count). The van der Waals surface area contributed by atoms with Gasteiger partial charge >= 0.3 is 17.4 Å². The van der Waals surface area contributed by atoms with Crippen molar-refractivity contribution in [1.29, 1.82) is 0 Å². The fraction of sp³-hybridized carbons (Fsp3) is 1.00. The normalized spacial score (nSPS) is 15.2. The Hall–Kier alpha value is -0.165. The molecular weight excluding hydrogens is 290 g/mol. The topological polar surface area (TPSA) is 46.2 Å². The molecule has 13 heteroatoms. The molecule has 3 nitrogen and oxygen atoms in total. The summed E-state index contributed by atoms with van der Waals surface area (Å²) in [7, 11) is -4.12. The fourth-order valence-corrected chi connectivity index (χ4v) is 1.71. The van der Waals surface area contributed by atoms with E-state index >= 15 is 0 Å². The standard InChI is InChI=1S/C3H3BF7NO2S2/c4-16(13,14)12-15-1(5,2(6,7)8)3(9,10)11/h12H,4H2. The molecule has 0 atom stereocenters. The van der Waals surface area contributed by atoms with Gasteiger partial charge in [-0.1, -0.05) is 0 Å². The zero-order chi connectivity index (χ0) is 13.4. The van der Waals surface area contributed by atoms with E-state index in [1.54, 1.807) is 0 Å². The molecule has 0 aliphatic carbocycles. The number of nitrogens with one attached hydrogen (secondary N) is 1. The highest BCUT2D eigenvalue weighted by Crippen LogP contribution is 2.52. The summed E-state index contributed by atoms with van der Waals surface area (Å²) in [6, 6.07) is 0. The van der Waals surface area contributed by atoms with Crippen LogP contribution in [0.25, 0.3) is 0 Å². The lowest BCUT2D eigenvalue weighted by Gasteiger charge is -2.28. The van der Waals surface area contributed by atoms with E-state index in [9.17, 15) is 39.2 Å². The van der Waals surface area contributed by atoms with Gasteiger partial charge in [-0.05, 0) is 11.9 Å². The van der Waals surface area contributed by atoms with Crippen molar-refractivity contribution in [3.05, 3.63) is 0 Å². The van der Waals surface area contributed by atoms with Gasteiger partial charge in [0.25, 0.3) is 7.12 Å². The Morgan fingerprint density at radius 1 is 0.938 bits per heavy atom. The molecule has 0 aliphatic heterocycles. The molecule has 0 saturated heterocycles. The summed E-state index contributed by atoms with van der Waals surface area (Å²) in [5, 5.41) is -5.69. The minimum atomic E-state index is -6.30. The number of rotatable bonds is 3. The van der Waals surface area contributed by atoms with Crippen molar-refractivity contribution in [1.82, 2.24) is 4.13 Å². The van der Waals surface area contributed by atoms with Gasteiger partial charge < -0.3 is 0 Å². The van der Waals surface area contributed by atoms with Crippen LogP contribution in [0.5, 0.6) is 0 Å². The van der Waals surface area contributed by atoms with E-state index in [4.69, 9.17) is 0 Å². The smallest absolute Gasteiger partial charge is 0.226 e. The van der Waals surface area contributed by atoms with Crippen LogP contribution in [-0.4, -0.2) is 32.9 Å². The van der Waals surface area contributed by atoms with Crippen molar-refractivity contribution in [2.24, 2.45) is 0 Å². The maximum absolute atomic E-state index is 12.7. The Kier molecular flexibility index (Phi) is 4.21. The summed E-state index contributed by atoms with van der Waals surface area (Å²) in [6.45, 7) is 0. The molecule has 0 aliphatic rings. The number of hydrogen-bond donors (Lipinski definition) is 1. The van der Waals surface area contributed by atoms with E-state index in [1.807, 2.05) is 0 Å². The summed E-state index contributed by atoms with van der Waals surface area (Å²) in [6.07, 6.45) is -12.6. The van der Waals surface area contributed by atoms with Crippen LogP contribution in [0.4, 0.5) is 30.7 Å². The maximum Gasteiger partial charge on any atom is 0.442 e. The summed E-state index contributed by atoms with van der Waals surface area (Å²) in [5.74, 6) is 0. The van der Waals surface area contributed by atoms with Gasteiger partial charge in [-0.15, -0.1) is 0 Å². The highest BCUT2D eigenvalue weighted by atomic mass is 32.3. The average Bonchev–Trinajstić information content (AvgIpc) is 1.93. The highest BCUT2D eigenvalue weighted by molar-refractivity contribution is 8.20. The highest BCUT2D eigenvalue weighted by Gasteiger charge is 2.74. The third kappa shape index (κ3) is 3.70. The summed E-state index contributed by atoms with van der Waals surface area (Å²) in [5.41, 5.74) is 0. The van der Waals surface area contributed by atoms with Crippen LogP contribution >= 0.6 is 11.9 Å². The van der Waals surface area contributed by atoms with Crippen LogP contribution < -0.4 is 4.13 Å². The fourth-order valence-electron chi connectivity index (χ4n) is 0.410. The zero-order valence-electron chi connectivity index (χ0n) is 7.28. The monoisotopic (exact) mass is 293 g/mol. The molecule has 0 aromatic carbocycles. The van der Waals surface area contributed by atoms with Crippen molar-refractivity contribution >= 4 is 28.9 Å². The van der Waals surface area contributed by atoms with Crippen molar-refractivity contribution in [3.63, 3.8) is 0 Å². The number of halogens is 7. The molecule has 0 heterocycles. The molecule has 16 heavy (non-hydrogen) atoms. The molecule has 0 aromatic rings. The van der Waals surface area contributed by atoms with Gasteiger partial charge in [0.05, 0.1) is 0 Å². The molecule has 0 unspecified atom stereocenters. The molecule has 0 spiro atoms. The van der Waals surface area contributed by atoms with Crippen LogP contribution in [0.15, 0.2) is 0 Å². The Labute approximate surface area is 90.2 Å². The van der Waals surface area contributed by atoms with Gasteiger partial charge in [0.1, 0.15) is 0 Å². The van der Waals surface area contributed by atoms with Gasteiger partial charge in [-0.25, -0.2) is 12.8 Å². The first-order chi connectivity index (χ1) is 6.71. The van der Waals surface area contributed by atoms with E-state index in [-0.39, 0.29) is 7.12 Å². The largest absolute Gasteiger partial charge is 0.442 e. The second-order valence-electron chi connectivity index (χ2n) is 2.55. The summed E-state index contributed by atoms with van der Waals surface area (Å²) >= 11 is -1.61. The molecule has 0 saturated carbocycles. The maximum atomic E-state index is 12.7. The van der Waals surface area contributed by atoms with Crippen LogP contribution in [0.3, 0.4) is 0 Å². The Morgan fingerprint density at radius 3 is 1.44 bits per heavy atom. The van der Waals surface area contributed by atoms with Gasteiger partial charge in [0.2, 0.25) is 0 Å². The van der Waals surface area contributed by atoms with E-state index in [0.717, 1.165) is 4.13 Å². The number of alkyl halides is 7. The Morgan fingerprint density at radius 2 is 1.25 bits per heavy atom. The van der Waals surface area contributed by atoms with Gasteiger partial charge in [0, 0.05) is 0 Å². The quantitative estimate of drug-likeness (QED) is 0.477. The number of hydrogen-bond acceptors (Lipinski definition) is 3. The molecule has 0 bridgehead atoms. The van der Waals surface area contributed by atoms with Gasteiger partial charge in [-0.2, -0.15) is 30.5 Å². The molecule has 0 fully saturated rings. The van der Waals surface area contributed by atoms with Crippen molar-refractivity contribution in [2.75, 3.05) is 0 Å². The Bertz CT molecular complexity index is 334. The van der Waals surface area contributed by atoms with E-state index in [2.05, 4.69) is 0 Å². The molecule has 0 amide bonds. The third-order valence-electron chi connectivity index (χ3n) is 1.06. The summed E-state index contributed by atoms with van der Waals surface area (Å²) in [4.78, 5) is 0. The second-order valence-corrected chi connectivity index (χ2v) is 5.53. The first kappa shape index (κ1) is 15.8. The SMILES string of the molecule is BS(=O)(=O)NSC(F)(C(F)(F)F)C(F)(F)F. The zero-order valence-corrected chi connectivity index (χ0v) is 8.91. The van der Waals surface area contributed by atoms with E-state index < -0.39 is 39.2 Å². The van der Waals surface area contributed by atoms with Crippen molar-refractivity contribution in [2.45, 2.75) is 17.4 Å². The predicted molar refractivity (Wildman–Crippen MR) is 44.1 cm³/mol. The third-order valence-corrected chi connectivity index (χ3v) is 3.35. The predicted octanol–water partition coefficient (Wildman–Crippen LogP) is 0.893. The molecule has 1 N–H and O–H groups in total. The minimum Gasteiger partial charge on any atom is -0.226 e. The van der Waals surface area contributed by atoms with Crippen LogP contribution in [0.2, 0.25) is 0 Å². The van der Waals surface area contributed by atoms with Crippen molar-refractivity contribution in [3.8, 4) is 0 Å². The van der Waals surface area contributed by atoms with Crippen LogP contribution in [0.1, 0.15) is 0 Å². The van der Waals surface area contributed by atoms with Gasteiger partial charge in [0.15, 0.2) is 9.87 Å². The average molecular weight is 293 g/mol. The molecule has 96 valence electrons. The lowest BCUT2D eigenvalue weighted by Crippen LogP contribution is -2.52. The summed E-state index contributed by atoms with van der Waals surface area (Å²) < 4.78 is 105. The van der Waals surface area contributed by atoms with Gasteiger partial charge in [-0.3, -0.25) is 0 Å². The first-order valence-electron chi connectivity index (χ1n) is 3.18. The van der Waals surface area contributed by atoms with Crippen LogP contribution in [-0.2, 0) is 9.87 Å². The lowest BCUT2D eigenvalue weighted by atomic mass is 10.3.